The zero-order chi connectivity index (χ0) is 12.3. The molecule has 1 unspecified atom stereocenters. The average molecular weight is 262 g/mol. The molecule has 0 saturated carbocycles. The van der Waals surface area contributed by atoms with Crippen LogP contribution in [0.1, 0.15) is 6.92 Å². The van der Waals surface area contributed by atoms with Crippen molar-refractivity contribution in [3.63, 3.8) is 0 Å². The number of carbonyl (C=O) groups is 1. The van der Waals surface area contributed by atoms with Crippen molar-refractivity contribution in [3.05, 3.63) is 33.3 Å². The zero-order valence-electron chi connectivity index (χ0n) is 8.21. The molecule has 16 heavy (non-hydrogen) atoms. The van der Waals surface area contributed by atoms with E-state index in [0.717, 1.165) is 11.8 Å². The third kappa shape index (κ3) is 3.11. The molecule has 0 radical (unpaired) electrons. The first kappa shape index (κ1) is 12.8. The molecular weight excluding hydrogens is 254 g/mol. The number of halogens is 1. The molecule has 0 aliphatic heterocycles. The Morgan fingerprint density at radius 3 is 2.69 bits per heavy atom. The number of carboxylic acid groups (broad SMARTS) is 1. The second-order valence-electron chi connectivity index (χ2n) is 2.97. The van der Waals surface area contributed by atoms with E-state index in [0.29, 0.717) is 4.90 Å². The molecule has 1 rings (SSSR count). The zero-order valence-corrected chi connectivity index (χ0v) is 9.79. The Morgan fingerprint density at radius 1 is 1.62 bits per heavy atom. The van der Waals surface area contributed by atoms with Crippen molar-refractivity contribution in [2.75, 3.05) is 0 Å². The molecule has 0 bridgehead atoms. The van der Waals surface area contributed by atoms with Gasteiger partial charge in [0, 0.05) is 17.0 Å². The molecule has 0 aromatic heterocycles. The summed E-state index contributed by atoms with van der Waals surface area (Å²) in [6.45, 7) is 1.52. The third-order valence-corrected chi connectivity index (χ3v) is 3.37. The normalized spacial score (nSPS) is 12.1. The van der Waals surface area contributed by atoms with Crippen LogP contribution in [-0.4, -0.2) is 21.2 Å². The van der Waals surface area contributed by atoms with E-state index in [1.165, 1.54) is 25.1 Å². The van der Waals surface area contributed by atoms with Crippen LogP contribution < -0.4 is 0 Å². The fourth-order valence-electron chi connectivity index (χ4n) is 0.940. The summed E-state index contributed by atoms with van der Waals surface area (Å²) in [6.07, 6.45) is 0. The molecule has 7 heteroatoms. The first-order chi connectivity index (χ1) is 7.41. The minimum Gasteiger partial charge on any atom is -0.480 e. The topological polar surface area (TPSA) is 80.4 Å². The van der Waals surface area contributed by atoms with Gasteiger partial charge < -0.3 is 5.11 Å². The van der Waals surface area contributed by atoms with Gasteiger partial charge in [0.05, 0.1) is 9.95 Å². The van der Waals surface area contributed by atoms with E-state index in [1.54, 1.807) is 0 Å². The molecule has 1 aromatic rings. The van der Waals surface area contributed by atoms with Crippen molar-refractivity contribution >= 4 is 35.0 Å². The Hall–Kier alpha value is -1.27. The van der Waals surface area contributed by atoms with Gasteiger partial charge in [-0.05, 0) is 13.0 Å². The molecule has 0 fully saturated rings. The van der Waals surface area contributed by atoms with Crippen molar-refractivity contribution in [2.45, 2.75) is 17.1 Å². The third-order valence-electron chi connectivity index (χ3n) is 1.78. The van der Waals surface area contributed by atoms with Gasteiger partial charge in [0.15, 0.2) is 0 Å². The predicted octanol–water partition coefficient (Wildman–Crippen LogP) is 2.81. The molecule has 1 aromatic carbocycles. The van der Waals surface area contributed by atoms with Gasteiger partial charge in [-0.15, -0.1) is 11.8 Å². The largest absolute Gasteiger partial charge is 0.480 e. The molecule has 5 nitrogen and oxygen atoms in total. The van der Waals surface area contributed by atoms with Crippen LogP contribution in [0.4, 0.5) is 5.69 Å². The second-order valence-corrected chi connectivity index (χ2v) is 4.76. The van der Waals surface area contributed by atoms with E-state index in [2.05, 4.69) is 0 Å². The fourth-order valence-corrected chi connectivity index (χ4v) is 2.05. The molecule has 86 valence electrons. The maximum atomic E-state index is 10.6. The van der Waals surface area contributed by atoms with Gasteiger partial charge >= 0.3 is 5.97 Å². The second kappa shape index (κ2) is 5.18. The highest BCUT2D eigenvalue weighted by Crippen LogP contribution is 2.32. The number of nitrogens with zero attached hydrogens (tertiary/aromatic N) is 1. The molecule has 0 aliphatic carbocycles. The van der Waals surface area contributed by atoms with Gasteiger partial charge in [0.25, 0.3) is 5.69 Å². The van der Waals surface area contributed by atoms with Gasteiger partial charge in [-0.2, -0.15) is 0 Å². The van der Waals surface area contributed by atoms with E-state index in [4.69, 9.17) is 16.7 Å². The van der Waals surface area contributed by atoms with Crippen molar-refractivity contribution in [1.29, 1.82) is 0 Å². The Morgan fingerprint density at radius 2 is 2.25 bits per heavy atom. The minimum atomic E-state index is -0.959. The molecule has 0 aliphatic rings. The number of nitro groups is 1. The number of hydrogen-bond acceptors (Lipinski definition) is 4. The smallest absolute Gasteiger partial charge is 0.316 e. The predicted molar refractivity (Wildman–Crippen MR) is 61.1 cm³/mol. The number of non-ortho nitro benzene ring substituents is 1. The molecule has 0 spiro atoms. The number of hydrogen-bond donors (Lipinski definition) is 1. The van der Waals surface area contributed by atoms with Crippen LogP contribution in [0.3, 0.4) is 0 Å². The highest BCUT2D eigenvalue weighted by Gasteiger charge is 2.16. The minimum absolute atomic E-state index is 0.114. The van der Waals surface area contributed by atoms with Gasteiger partial charge in [-0.1, -0.05) is 11.6 Å². The summed E-state index contributed by atoms with van der Waals surface area (Å²) < 4.78 is 0. The van der Waals surface area contributed by atoms with Crippen LogP contribution >= 0.6 is 23.4 Å². The number of carboxylic acids is 1. The summed E-state index contributed by atoms with van der Waals surface area (Å²) in [5, 5.41) is 18.7. The summed E-state index contributed by atoms with van der Waals surface area (Å²) in [7, 11) is 0. The lowest BCUT2D eigenvalue weighted by atomic mass is 10.3. The summed E-state index contributed by atoms with van der Waals surface area (Å²) in [4.78, 5) is 21.0. The van der Waals surface area contributed by atoms with E-state index < -0.39 is 16.1 Å². The Balaban J connectivity index is 2.91. The van der Waals surface area contributed by atoms with Crippen LogP contribution in [0.15, 0.2) is 23.1 Å². The monoisotopic (exact) mass is 261 g/mol. The van der Waals surface area contributed by atoms with Crippen LogP contribution in [0, 0.1) is 10.1 Å². The van der Waals surface area contributed by atoms with Gasteiger partial charge in [0.2, 0.25) is 0 Å². The van der Waals surface area contributed by atoms with Crippen molar-refractivity contribution in [1.82, 2.24) is 0 Å². The SMILES string of the molecule is CC(Sc1ccc([N+](=O)[O-])cc1Cl)C(=O)O. The standard InChI is InChI=1S/C9H8ClNO4S/c1-5(9(12)13)16-8-3-2-6(11(14)15)4-7(8)10/h2-5H,1H3,(H,12,13). The molecule has 0 saturated heterocycles. The quantitative estimate of drug-likeness (QED) is 0.512. The Labute approximate surface area is 101 Å². The Bertz CT molecular complexity index is 438. The maximum Gasteiger partial charge on any atom is 0.316 e. The van der Waals surface area contributed by atoms with Crippen LogP contribution in [0.2, 0.25) is 5.02 Å². The van der Waals surface area contributed by atoms with Crippen molar-refractivity contribution in [2.24, 2.45) is 0 Å². The number of rotatable bonds is 4. The summed E-state index contributed by atoms with van der Waals surface area (Å²) >= 11 is 6.85. The van der Waals surface area contributed by atoms with E-state index in [1.807, 2.05) is 0 Å². The van der Waals surface area contributed by atoms with E-state index in [9.17, 15) is 14.9 Å². The molecule has 0 heterocycles. The summed E-state index contributed by atoms with van der Waals surface area (Å²) in [5.74, 6) is -0.959. The molecule has 1 atom stereocenters. The lowest BCUT2D eigenvalue weighted by Gasteiger charge is -2.07. The number of thioether (sulfide) groups is 1. The molecular formula is C9H8ClNO4S. The average Bonchev–Trinajstić information content (AvgIpc) is 2.20. The lowest BCUT2D eigenvalue weighted by molar-refractivity contribution is -0.384. The number of benzene rings is 1. The van der Waals surface area contributed by atoms with Crippen molar-refractivity contribution < 1.29 is 14.8 Å². The molecule has 0 amide bonds. The van der Waals surface area contributed by atoms with Crippen LogP contribution in [-0.2, 0) is 4.79 Å². The van der Waals surface area contributed by atoms with E-state index in [-0.39, 0.29) is 10.7 Å². The highest BCUT2D eigenvalue weighted by molar-refractivity contribution is 8.00. The first-order valence-corrected chi connectivity index (χ1v) is 5.51. The van der Waals surface area contributed by atoms with Gasteiger partial charge in [-0.3, -0.25) is 14.9 Å². The molecule has 1 N–H and O–H groups in total. The number of nitro benzene ring substituents is 1. The lowest BCUT2D eigenvalue weighted by Crippen LogP contribution is -2.11. The maximum absolute atomic E-state index is 10.6. The van der Waals surface area contributed by atoms with Gasteiger partial charge in [-0.25, -0.2) is 0 Å². The van der Waals surface area contributed by atoms with Crippen LogP contribution in [0.5, 0.6) is 0 Å². The van der Waals surface area contributed by atoms with Crippen LogP contribution in [0.25, 0.3) is 0 Å². The summed E-state index contributed by atoms with van der Waals surface area (Å²) in [6, 6.07) is 3.95. The first-order valence-electron chi connectivity index (χ1n) is 4.25. The number of aliphatic carboxylic acids is 1. The van der Waals surface area contributed by atoms with E-state index >= 15 is 0 Å². The fraction of sp³-hybridized carbons (Fsp3) is 0.222. The van der Waals surface area contributed by atoms with Crippen molar-refractivity contribution in [3.8, 4) is 0 Å². The van der Waals surface area contributed by atoms with Gasteiger partial charge in [0.1, 0.15) is 5.25 Å². The highest BCUT2D eigenvalue weighted by atomic mass is 35.5. The Kier molecular flexibility index (Phi) is 4.14. The summed E-state index contributed by atoms with van der Waals surface area (Å²) in [5.41, 5.74) is -0.114.